The Balaban J connectivity index is 1.96. The van der Waals surface area contributed by atoms with E-state index in [9.17, 15) is 13.2 Å². The van der Waals surface area contributed by atoms with Gasteiger partial charge in [0.15, 0.2) is 9.84 Å². The van der Waals surface area contributed by atoms with Crippen molar-refractivity contribution in [3.8, 4) is 0 Å². The zero-order valence-corrected chi connectivity index (χ0v) is 14.5. The van der Waals surface area contributed by atoms with Crippen LogP contribution in [0.5, 0.6) is 0 Å². The number of carbonyl (C=O) groups excluding carboxylic acids is 1. The third-order valence-electron chi connectivity index (χ3n) is 3.13. The van der Waals surface area contributed by atoms with Crippen molar-refractivity contribution in [1.29, 1.82) is 0 Å². The lowest BCUT2D eigenvalue weighted by Gasteiger charge is -2.06. The minimum atomic E-state index is -3.31. The average molecular weight is 349 g/mol. The number of amides is 1. The highest BCUT2D eigenvalue weighted by Gasteiger charge is 2.14. The van der Waals surface area contributed by atoms with Gasteiger partial charge in [0.05, 0.1) is 10.6 Å². The minimum absolute atomic E-state index is 0.0262. The van der Waals surface area contributed by atoms with Crippen LogP contribution in [0.15, 0.2) is 69.3 Å². The van der Waals surface area contributed by atoms with E-state index in [-0.39, 0.29) is 11.7 Å². The zero-order chi connectivity index (χ0) is 16.7. The third kappa shape index (κ3) is 5.73. The Morgan fingerprint density at radius 3 is 2.22 bits per heavy atom. The highest BCUT2D eigenvalue weighted by Crippen LogP contribution is 2.28. The molecule has 4 nitrogen and oxygen atoms in total. The molecule has 0 saturated heterocycles. The predicted molar refractivity (Wildman–Crippen MR) is 92.4 cm³/mol. The first-order valence-corrected chi connectivity index (χ1v) is 9.74. The first kappa shape index (κ1) is 17.6. The molecule has 1 N–H and O–H groups in total. The van der Waals surface area contributed by atoms with Crippen LogP contribution < -0.4 is 5.32 Å². The van der Waals surface area contributed by atoms with E-state index in [1.54, 1.807) is 23.9 Å². The first-order chi connectivity index (χ1) is 11.0. The van der Waals surface area contributed by atoms with Crippen LogP contribution in [0.3, 0.4) is 0 Å². The van der Waals surface area contributed by atoms with Crippen molar-refractivity contribution < 1.29 is 13.2 Å². The molecular weight excluding hydrogens is 330 g/mol. The lowest BCUT2D eigenvalue weighted by Crippen LogP contribution is -2.23. The molecule has 0 aliphatic rings. The van der Waals surface area contributed by atoms with Crippen molar-refractivity contribution in [2.45, 2.75) is 28.0 Å². The van der Waals surface area contributed by atoms with Gasteiger partial charge in [0.2, 0.25) is 5.91 Å². The van der Waals surface area contributed by atoms with Gasteiger partial charge in [-0.15, -0.1) is 0 Å². The molecule has 0 atom stereocenters. The predicted octanol–water partition coefficient (Wildman–Crippen LogP) is 3.14. The molecule has 0 aliphatic heterocycles. The summed E-state index contributed by atoms with van der Waals surface area (Å²) >= 11 is 1.59. The Hall–Kier alpha value is -1.79. The Kier molecular flexibility index (Phi) is 6.24. The van der Waals surface area contributed by atoms with Crippen molar-refractivity contribution in [3.05, 3.63) is 54.6 Å². The molecule has 23 heavy (non-hydrogen) atoms. The van der Waals surface area contributed by atoms with Crippen LogP contribution in [0.4, 0.5) is 0 Å². The second-order valence-electron chi connectivity index (χ2n) is 5.04. The van der Waals surface area contributed by atoms with Gasteiger partial charge in [-0.1, -0.05) is 30.0 Å². The summed E-state index contributed by atoms with van der Waals surface area (Å²) in [4.78, 5) is 13.2. The van der Waals surface area contributed by atoms with Crippen LogP contribution in [0.25, 0.3) is 0 Å². The molecule has 1 amide bonds. The van der Waals surface area contributed by atoms with Gasteiger partial charge in [-0.25, -0.2) is 8.42 Å². The summed E-state index contributed by atoms with van der Waals surface area (Å²) < 4.78 is 24.5. The molecule has 0 aromatic heterocycles. The number of benzene rings is 2. The molecule has 6 heteroatoms. The van der Waals surface area contributed by atoms with Crippen LogP contribution in [0.2, 0.25) is 0 Å². The SMILES string of the molecule is CC(=O)NCCCS(=O)(=O)c1ccc(Sc2ccccc2)cc1. The number of nitrogens with one attached hydrogen (secondary N) is 1. The molecule has 0 spiro atoms. The minimum Gasteiger partial charge on any atom is -0.356 e. The fraction of sp³-hybridized carbons (Fsp3) is 0.235. The molecule has 122 valence electrons. The van der Waals surface area contributed by atoms with E-state index >= 15 is 0 Å². The molecule has 0 saturated carbocycles. The summed E-state index contributed by atoms with van der Waals surface area (Å²) in [6.07, 6.45) is 0.405. The van der Waals surface area contributed by atoms with Crippen molar-refractivity contribution in [1.82, 2.24) is 5.32 Å². The summed E-state index contributed by atoms with van der Waals surface area (Å²) in [6.45, 7) is 1.79. The topological polar surface area (TPSA) is 63.2 Å². The van der Waals surface area contributed by atoms with Crippen LogP contribution >= 0.6 is 11.8 Å². The fourth-order valence-electron chi connectivity index (χ4n) is 1.98. The van der Waals surface area contributed by atoms with Crippen LogP contribution in [0, 0.1) is 0 Å². The van der Waals surface area contributed by atoms with Gasteiger partial charge in [-0.05, 0) is 42.8 Å². The summed E-state index contributed by atoms with van der Waals surface area (Å²) in [5.41, 5.74) is 0. The maximum Gasteiger partial charge on any atom is 0.216 e. The van der Waals surface area contributed by atoms with Gasteiger partial charge in [0.25, 0.3) is 0 Å². The van der Waals surface area contributed by atoms with Gasteiger partial charge in [-0.2, -0.15) is 0 Å². The largest absolute Gasteiger partial charge is 0.356 e. The number of rotatable bonds is 7. The van der Waals surface area contributed by atoms with E-state index in [4.69, 9.17) is 0 Å². The summed E-state index contributed by atoms with van der Waals surface area (Å²) in [6, 6.07) is 16.8. The van der Waals surface area contributed by atoms with E-state index in [2.05, 4.69) is 5.32 Å². The Labute approximate surface area is 141 Å². The Morgan fingerprint density at radius 2 is 1.61 bits per heavy atom. The van der Waals surface area contributed by atoms with Crippen LogP contribution in [-0.4, -0.2) is 26.6 Å². The molecule has 0 fully saturated rings. The van der Waals surface area contributed by atoms with E-state index in [0.717, 1.165) is 9.79 Å². The highest BCUT2D eigenvalue weighted by atomic mass is 32.2. The maximum atomic E-state index is 12.2. The first-order valence-electron chi connectivity index (χ1n) is 7.27. The molecule has 0 bridgehead atoms. The fourth-order valence-corrected chi connectivity index (χ4v) is 4.13. The smallest absolute Gasteiger partial charge is 0.216 e. The number of carbonyl (C=O) groups is 1. The number of sulfone groups is 1. The molecule has 2 aromatic carbocycles. The molecule has 0 unspecified atom stereocenters. The lowest BCUT2D eigenvalue weighted by atomic mass is 10.4. The summed E-state index contributed by atoms with van der Waals surface area (Å²) in [7, 11) is -3.31. The standard InChI is InChI=1S/C17H19NO3S2/c1-14(19)18-12-5-13-23(20,21)17-10-8-16(9-11-17)22-15-6-3-2-4-7-15/h2-4,6-11H,5,12-13H2,1H3,(H,18,19). The molecule has 0 aliphatic carbocycles. The molecule has 0 radical (unpaired) electrons. The lowest BCUT2D eigenvalue weighted by molar-refractivity contribution is -0.118. The number of hydrogen-bond donors (Lipinski definition) is 1. The van der Waals surface area contributed by atoms with Crippen molar-refractivity contribution in [2.24, 2.45) is 0 Å². The molecular formula is C17H19NO3S2. The van der Waals surface area contributed by atoms with Gasteiger partial charge in [0, 0.05) is 23.3 Å². The van der Waals surface area contributed by atoms with Crippen molar-refractivity contribution in [2.75, 3.05) is 12.3 Å². The maximum absolute atomic E-state index is 12.2. The third-order valence-corrected chi connectivity index (χ3v) is 5.96. The van der Waals surface area contributed by atoms with E-state index in [1.165, 1.54) is 6.92 Å². The second-order valence-corrected chi connectivity index (χ2v) is 8.30. The van der Waals surface area contributed by atoms with Crippen LogP contribution in [-0.2, 0) is 14.6 Å². The quantitative estimate of drug-likeness (QED) is 0.780. The Bertz CT molecular complexity index is 741. The van der Waals surface area contributed by atoms with Crippen LogP contribution in [0.1, 0.15) is 13.3 Å². The Morgan fingerprint density at radius 1 is 1.00 bits per heavy atom. The van der Waals surface area contributed by atoms with Crippen molar-refractivity contribution >= 4 is 27.5 Å². The van der Waals surface area contributed by atoms with E-state index < -0.39 is 9.84 Å². The highest BCUT2D eigenvalue weighted by molar-refractivity contribution is 7.99. The summed E-state index contributed by atoms with van der Waals surface area (Å²) in [5.74, 6) is -0.122. The molecule has 0 heterocycles. The van der Waals surface area contributed by atoms with E-state index in [0.29, 0.717) is 17.9 Å². The van der Waals surface area contributed by atoms with Gasteiger partial charge in [-0.3, -0.25) is 4.79 Å². The average Bonchev–Trinajstić information content (AvgIpc) is 2.53. The second kappa shape index (κ2) is 8.17. The normalized spacial score (nSPS) is 11.2. The monoisotopic (exact) mass is 349 g/mol. The summed E-state index contributed by atoms with van der Waals surface area (Å²) in [5, 5.41) is 2.60. The zero-order valence-electron chi connectivity index (χ0n) is 12.9. The van der Waals surface area contributed by atoms with Gasteiger partial charge in [0.1, 0.15) is 0 Å². The van der Waals surface area contributed by atoms with Gasteiger partial charge >= 0.3 is 0 Å². The van der Waals surface area contributed by atoms with Gasteiger partial charge < -0.3 is 5.32 Å². The molecule has 2 rings (SSSR count). The number of hydrogen-bond acceptors (Lipinski definition) is 4. The van der Waals surface area contributed by atoms with Crippen molar-refractivity contribution in [3.63, 3.8) is 0 Å². The van der Waals surface area contributed by atoms with E-state index in [1.807, 2.05) is 42.5 Å². The molecule has 2 aromatic rings.